The lowest BCUT2D eigenvalue weighted by atomic mass is 10.1. The number of anilines is 1. The molecule has 1 aliphatic rings. The number of piperazine rings is 1. The Morgan fingerprint density at radius 1 is 0.829 bits per heavy atom. The fraction of sp³-hybridized carbons (Fsp3) is 0.344. The summed E-state index contributed by atoms with van der Waals surface area (Å²) < 4.78 is 14.8. The fourth-order valence-corrected chi connectivity index (χ4v) is 4.65. The minimum absolute atomic E-state index is 0.0157. The number of halogens is 1. The third kappa shape index (κ3) is 8.88. The average molecular weight is 560 g/mol. The number of urea groups is 1. The predicted molar refractivity (Wildman–Crippen MR) is 158 cm³/mol. The van der Waals surface area contributed by atoms with Crippen LogP contribution in [-0.2, 0) is 13.0 Å². The van der Waals surface area contributed by atoms with Gasteiger partial charge in [-0.2, -0.15) is 0 Å². The third-order valence-electron chi connectivity index (χ3n) is 6.75. The van der Waals surface area contributed by atoms with Gasteiger partial charge in [0, 0.05) is 55.9 Å². The van der Waals surface area contributed by atoms with Gasteiger partial charge in [0.1, 0.15) is 5.82 Å². The molecule has 0 spiro atoms. The minimum atomic E-state index is -0.664. The van der Waals surface area contributed by atoms with Crippen molar-refractivity contribution in [1.82, 2.24) is 20.4 Å². The second kappa shape index (κ2) is 13.4. The number of nitrogens with zero attached hydrogens (tertiary/aromatic N) is 2. The molecule has 9 heteroatoms. The molecular formula is C32H38FN5O3. The molecule has 1 fully saturated rings. The first-order valence-corrected chi connectivity index (χ1v) is 13.9. The van der Waals surface area contributed by atoms with E-state index in [1.54, 1.807) is 11.0 Å². The molecule has 0 aliphatic carbocycles. The summed E-state index contributed by atoms with van der Waals surface area (Å²) in [7, 11) is 0. The first-order chi connectivity index (χ1) is 19.6. The van der Waals surface area contributed by atoms with E-state index in [-0.39, 0.29) is 28.6 Å². The van der Waals surface area contributed by atoms with Gasteiger partial charge in [-0.3, -0.25) is 14.5 Å². The highest BCUT2D eigenvalue weighted by molar-refractivity contribution is 5.96. The van der Waals surface area contributed by atoms with Crippen LogP contribution in [0.2, 0.25) is 0 Å². The lowest BCUT2D eigenvalue weighted by molar-refractivity contribution is 0.0627. The van der Waals surface area contributed by atoms with E-state index in [2.05, 4.69) is 20.9 Å². The predicted octanol–water partition coefficient (Wildman–Crippen LogP) is 4.68. The van der Waals surface area contributed by atoms with E-state index in [9.17, 15) is 18.8 Å². The third-order valence-corrected chi connectivity index (χ3v) is 6.75. The Balaban J connectivity index is 1.25. The molecule has 0 bridgehead atoms. The van der Waals surface area contributed by atoms with Crippen LogP contribution >= 0.6 is 0 Å². The van der Waals surface area contributed by atoms with Crippen molar-refractivity contribution in [2.45, 2.75) is 39.3 Å². The van der Waals surface area contributed by atoms with Gasteiger partial charge >= 0.3 is 6.03 Å². The maximum atomic E-state index is 14.8. The van der Waals surface area contributed by atoms with E-state index >= 15 is 0 Å². The van der Waals surface area contributed by atoms with Crippen LogP contribution < -0.4 is 16.0 Å². The smallest absolute Gasteiger partial charge is 0.319 e. The number of hydrogen-bond donors (Lipinski definition) is 3. The number of amides is 4. The molecule has 1 heterocycles. The molecule has 0 atom stereocenters. The molecule has 3 N–H and O–H groups in total. The summed E-state index contributed by atoms with van der Waals surface area (Å²) in [4.78, 5) is 41.7. The van der Waals surface area contributed by atoms with Gasteiger partial charge in [0.25, 0.3) is 11.8 Å². The van der Waals surface area contributed by atoms with E-state index in [0.717, 1.165) is 11.1 Å². The van der Waals surface area contributed by atoms with E-state index < -0.39 is 11.8 Å². The maximum Gasteiger partial charge on any atom is 0.319 e. The Bertz CT molecular complexity index is 1370. The van der Waals surface area contributed by atoms with Crippen molar-refractivity contribution in [3.05, 3.63) is 101 Å². The van der Waals surface area contributed by atoms with Crippen molar-refractivity contribution < 1.29 is 18.8 Å². The first kappa shape index (κ1) is 29.7. The van der Waals surface area contributed by atoms with Crippen LogP contribution in [0.5, 0.6) is 0 Å². The normalized spacial score (nSPS) is 13.9. The topological polar surface area (TPSA) is 93.8 Å². The number of hydrogen-bond acceptors (Lipinski definition) is 4. The first-order valence-electron chi connectivity index (χ1n) is 13.9. The second-order valence-corrected chi connectivity index (χ2v) is 11.3. The van der Waals surface area contributed by atoms with Gasteiger partial charge in [0.05, 0.1) is 5.69 Å². The zero-order valence-electron chi connectivity index (χ0n) is 23.9. The summed E-state index contributed by atoms with van der Waals surface area (Å²) in [5.74, 6) is -1.02. The number of carbonyl (C=O) groups is 3. The Kier molecular flexibility index (Phi) is 9.73. The molecule has 3 aromatic rings. The van der Waals surface area contributed by atoms with E-state index in [0.29, 0.717) is 51.3 Å². The van der Waals surface area contributed by atoms with Crippen LogP contribution in [0.4, 0.5) is 14.9 Å². The number of benzene rings is 3. The number of nitrogens with one attached hydrogen (secondary N) is 3. The average Bonchev–Trinajstić information content (AvgIpc) is 2.94. The van der Waals surface area contributed by atoms with Crippen LogP contribution in [0.25, 0.3) is 0 Å². The Labute approximate surface area is 240 Å². The van der Waals surface area contributed by atoms with Gasteiger partial charge in [-0.25, -0.2) is 9.18 Å². The van der Waals surface area contributed by atoms with Gasteiger partial charge in [-0.05, 0) is 68.7 Å². The van der Waals surface area contributed by atoms with Crippen molar-refractivity contribution in [3.63, 3.8) is 0 Å². The maximum absolute atomic E-state index is 14.8. The van der Waals surface area contributed by atoms with Gasteiger partial charge in [0.15, 0.2) is 0 Å². The molecule has 4 rings (SSSR count). The van der Waals surface area contributed by atoms with Crippen molar-refractivity contribution in [2.24, 2.45) is 0 Å². The summed E-state index contributed by atoms with van der Waals surface area (Å²) in [5, 5.41) is 8.21. The largest absolute Gasteiger partial charge is 0.347 e. The van der Waals surface area contributed by atoms with Crippen molar-refractivity contribution in [2.75, 3.05) is 38.0 Å². The molecule has 4 amide bonds. The van der Waals surface area contributed by atoms with Crippen molar-refractivity contribution in [1.29, 1.82) is 0 Å². The standard InChI is InChI=1S/C32H38FN5O3/c1-32(2,3)36-29(39)25-11-7-10-24(20-25)22-37-16-18-38(19-17-37)30(40)26-12-13-28(27(33)21-26)35-31(41)34-15-14-23-8-5-4-6-9-23/h4-13,20-21H,14-19,22H2,1-3H3,(H,36,39)(H2,34,35,41). The monoisotopic (exact) mass is 559 g/mol. The van der Waals surface area contributed by atoms with Crippen LogP contribution in [0.15, 0.2) is 72.8 Å². The lowest BCUT2D eigenvalue weighted by Crippen LogP contribution is -2.48. The van der Waals surface area contributed by atoms with E-state index in [4.69, 9.17) is 0 Å². The van der Waals surface area contributed by atoms with Crippen LogP contribution in [-0.4, -0.2) is 65.9 Å². The van der Waals surface area contributed by atoms with Crippen LogP contribution in [0.3, 0.4) is 0 Å². The molecule has 41 heavy (non-hydrogen) atoms. The highest BCUT2D eigenvalue weighted by Gasteiger charge is 2.23. The quantitative estimate of drug-likeness (QED) is 0.374. The second-order valence-electron chi connectivity index (χ2n) is 11.3. The molecule has 0 saturated carbocycles. The molecule has 0 unspecified atom stereocenters. The molecule has 1 aliphatic heterocycles. The van der Waals surface area contributed by atoms with Crippen LogP contribution in [0.1, 0.15) is 52.6 Å². The molecule has 1 saturated heterocycles. The Morgan fingerprint density at radius 3 is 2.22 bits per heavy atom. The molecule has 0 radical (unpaired) electrons. The molecule has 216 valence electrons. The number of rotatable bonds is 8. The Hall–Kier alpha value is -4.24. The highest BCUT2D eigenvalue weighted by Crippen LogP contribution is 2.19. The summed E-state index contributed by atoms with van der Waals surface area (Å²) in [6.07, 6.45) is 0.665. The molecule has 3 aromatic carbocycles. The van der Waals surface area contributed by atoms with E-state index in [1.165, 1.54) is 18.2 Å². The zero-order valence-corrected chi connectivity index (χ0v) is 23.9. The SMILES string of the molecule is CC(C)(C)NC(=O)c1cccc(CN2CCN(C(=O)c3ccc(NC(=O)NCCc4ccccc4)c(F)c3)CC2)c1. The summed E-state index contributed by atoms with van der Waals surface area (Å²) in [6, 6.07) is 21.0. The van der Waals surface area contributed by atoms with Crippen molar-refractivity contribution in [3.8, 4) is 0 Å². The number of carbonyl (C=O) groups excluding carboxylic acids is 3. The highest BCUT2D eigenvalue weighted by atomic mass is 19.1. The summed E-state index contributed by atoms with van der Waals surface area (Å²) in [6.45, 7) is 9.27. The summed E-state index contributed by atoms with van der Waals surface area (Å²) in [5.41, 5.74) is 2.69. The molecule has 8 nitrogen and oxygen atoms in total. The van der Waals surface area contributed by atoms with Gasteiger partial charge in [-0.15, -0.1) is 0 Å². The fourth-order valence-electron chi connectivity index (χ4n) is 4.65. The minimum Gasteiger partial charge on any atom is -0.347 e. The lowest BCUT2D eigenvalue weighted by Gasteiger charge is -2.35. The van der Waals surface area contributed by atoms with Crippen molar-refractivity contribution >= 4 is 23.5 Å². The summed E-state index contributed by atoms with van der Waals surface area (Å²) >= 11 is 0. The van der Waals surface area contributed by atoms with Gasteiger partial charge < -0.3 is 20.9 Å². The zero-order chi connectivity index (χ0) is 29.4. The van der Waals surface area contributed by atoms with Gasteiger partial charge in [0.2, 0.25) is 0 Å². The van der Waals surface area contributed by atoms with Crippen LogP contribution in [0, 0.1) is 5.82 Å². The Morgan fingerprint density at radius 2 is 1.54 bits per heavy atom. The molecular weight excluding hydrogens is 521 g/mol. The molecule has 0 aromatic heterocycles. The van der Waals surface area contributed by atoms with E-state index in [1.807, 2.05) is 69.3 Å². The van der Waals surface area contributed by atoms with Gasteiger partial charge in [-0.1, -0.05) is 42.5 Å².